The summed E-state index contributed by atoms with van der Waals surface area (Å²) in [7, 11) is 0. The molecule has 0 spiro atoms. The number of nitrogens with one attached hydrogen (secondary N) is 2. The number of halogens is 2. The van der Waals surface area contributed by atoms with Crippen LogP contribution in [0.5, 0.6) is 0 Å². The number of aryl methyl sites for hydroxylation is 1. The maximum Gasteiger partial charge on any atom is 0.246 e. The van der Waals surface area contributed by atoms with Crippen molar-refractivity contribution in [3.8, 4) is 5.69 Å². The normalized spacial score (nSPS) is 16.2. The summed E-state index contributed by atoms with van der Waals surface area (Å²) in [5, 5.41) is 10.8. The lowest BCUT2D eigenvalue weighted by Crippen LogP contribution is -2.12. The van der Waals surface area contributed by atoms with Crippen molar-refractivity contribution in [2.24, 2.45) is 0 Å². The van der Waals surface area contributed by atoms with Gasteiger partial charge in [-0.15, -0.1) is 5.10 Å². The van der Waals surface area contributed by atoms with Gasteiger partial charge in [0.25, 0.3) is 0 Å². The summed E-state index contributed by atoms with van der Waals surface area (Å²) in [6.45, 7) is 3.72. The molecule has 0 aliphatic carbocycles. The molecule has 2 heterocycles. The van der Waals surface area contributed by atoms with Gasteiger partial charge >= 0.3 is 0 Å². The highest BCUT2D eigenvalue weighted by molar-refractivity contribution is 5.63. The van der Waals surface area contributed by atoms with Crippen LogP contribution in [-0.4, -0.2) is 34.0 Å². The van der Waals surface area contributed by atoms with E-state index in [0.717, 1.165) is 55.4 Å². The fourth-order valence-corrected chi connectivity index (χ4v) is 3.45. The van der Waals surface area contributed by atoms with Gasteiger partial charge in [-0.05, 0) is 62.1 Å². The van der Waals surface area contributed by atoms with Crippen LogP contribution in [-0.2, 0) is 4.74 Å². The van der Waals surface area contributed by atoms with Crippen molar-refractivity contribution < 1.29 is 16.4 Å². The Labute approximate surface area is 170 Å². The lowest BCUT2D eigenvalue weighted by atomic mass is 10.1. The molecule has 0 amide bonds. The molecule has 156 valence electrons. The van der Waals surface area contributed by atoms with Gasteiger partial charge in [0.05, 0.1) is 11.8 Å². The number of ether oxygens (including phenoxy) is 1. The van der Waals surface area contributed by atoms with Gasteiger partial charge in [-0.25, -0.2) is 13.5 Å². The average Bonchev–Trinajstić information content (AvgIpc) is 3.32. The highest BCUT2D eigenvalue weighted by Gasteiger charge is 2.14. The summed E-state index contributed by atoms with van der Waals surface area (Å²) in [6, 6.07) is 9.25. The Morgan fingerprint density at radius 1 is 1.14 bits per heavy atom. The van der Waals surface area contributed by atoms with Gasteiger partial charge in [0.15, 0.2) is 0 Å². The first-order chi connectivity index (χ1) is 14.0. The third-order valence-corrected chi connectivity index (χ3v) is 4.76. The van der Waals surface area contributed by atoms with Crippen LogP contribution in [0.3, 0.4) is 0 Å². The second-order valence-electron chi connectivity index (χ2n) is 7.20. The molecule has 1 aliphatic rings. The maximum atomic E-state index is 13.4. The smallest absolute Gasteiger partial charge is 0.246 e. The molecule has 8 heteroatoms. The lowest BCUT2D eigenvalue weighted by molar-refractivity contribution is 0.107. The highest BCUT2D eigenvalue weighted by Crippen LogP contribution is 2.22. The van der Waals surface area contributed by atoms with Crippen LogP contribution in [0.1, 0.15) is 27.7 Å². The zero-order valence-electron chi connectivity index (χ0n) is 16.2. The number of hydrogen-bond donors (Lipinski definition) is 2. The number of anilines is 3. The molecule has 0 radical (unpaired) electrons. The van der Waals surface area contributed by atoms with Crippen LogP contribution in [0.25, 0.3) is 5.69 Å². The van der Waals surface area contributed by atoms with E-state index >= 15 is 0 Å². The molecule has 1 saturated heterocycles. The minimum atomic E-state index is -0.664. The zero-order chi connectivity index (χ0) is 20.2. The summed E-state index contributed by atoms with van der Waals surface area (Å²) in [5.74, 6) is -0.990. The number of aromatic nitrogens is 3. The SMILES string of the molecule is Cc1cc(NCCC2CCCO2)cc(Nc2ncn(-c3cc(F)cc(F)c3)n2)c1.[HH].[HH]. The average molecular weight is 403 g/mol. The predicted octanol–water partition coefficient (Wildman–Crippen LogP) is 5.07. The van der Waals surface area contributed by atoms with E-state index in [1.807, 2.05) is 19.1 Å². The summed E-state index contributed by atoms with van der Waals surface area (Å²) < 4.78 is 33.8. The van der Waals surface area contributed by atoms with Crippen LogP contribution in [0, 0.1) is 18.6 Å². The van der Waals surface area contributed by atoms with E-state index in [0.29, 0.717) is 12.1 Å². The van der Waals surface area contributed by atoms with E-state index < -0.39 is 11.6 Å². The van der Waals surface area contributed by atoms with Crippen LogP contribution in [0.15, 0.2) is 42.7 Å². The van der Waals surface area contributed by atoms with Crippen molar-refractivity contribution in [3.05, 3.63) is 59.9 Å². The number of nitrogens with zero attached hydrogens (tertiary/aromatic N) is 3. The summed E-state index contributed by atoms with van der Waals surface area (Å²) >= 11 is 0. The van der Waals surface area contributed by atoms with Crippen molar-refractivity contribution in [2.75, 3.05) is 23.8 Å². The largest absolute Gasteiger partial charge is 0.385 e. The van der Waals surface area contributed by atoms with Crippen molar-refractivity contribution in [2.45, 2.75) is 32.3 Å². The molecule has 1 unspecified atom stereocenters. The van der Waals surface area contributed by atoms with Gasteiger partial charge in [0, 0.05) is 33.4 Å². The van der Waals surface area contributed by atoms with Gasteiger partial charge < -0.3 is 15.4 Å². The second kappa shape index (κ2) is 8.57. The Balaban J connectivity index is 0.00000171. The van der Waals surface area contributed by atoms with Crippen molar-refractivity contribution in [3.63, 3.8) is 0 Å². The molecule has 6 nitrogen and oxygen atoms in total. The first kappa shape index (κ1) is 19.3. The van der Waals surface area contributed by atoms with E-state index in [9.17, 15) is 8.78 Å². The quantitative estimate of drug-likeness (QED) is 0.577. The standard InChI is InChI=1S/C21H23F2N5O.2H2/c1-14-7-17(24-5-4-20-3-2-6-29-20)12-18(8-14)26-21-25-13-28(27-21)19-10-15(22)9-16(23)11-19;;/h7-13,20,24H,2-6H2,1H3,(H,26,27);2*1H. The van der Waals surface area contributed by atoms with Crippen molar-refractivity contribution >= 4 is 17.3 Å². The molecular formula is C21H27F2N5O. The van der Waals surface area contributed by atoms with E-state index in [1.54, 1.807) is 0 Å². The summed E-state index contributed by atoms with van der Waals surface area (Å²) in [4.78, 5) is 4.18. The molecule has 29 heavy (non-hydrogen) atoms. The van der Waals surface area contributed by atoms with Crippen LogP contribution in [0.4, 0.5) is 26.1 Å². The Morgan fingerprint density at radius 3 is 2.69 bits per heavy atom. The Kier molecular flexibility index (Phi) is 5.71. The molecule has 0 bridgehead atoms. The number of rotatable bonds is 7. The first-order valence-electron chi connectivity index (χ1n) is 9.67. The number of hydrogen-bond acceptors (Lipinski definition) is 5. The highest BCUT2D eigenvalue weighted by atomic mass is 19.1. The fraction of sp³-hybridized carbons (Fsp3) is 0.333. The van der Waals surface area contributed by atoms with Crippen LogP contribution < -0.4 is 10.6 Å². The molecule has 1 aliphatic heterocycles. The lowest BCUT2D eigenvalue weighted by Gasteiger charge is -2.13. The Morgan fingerprint density at radius 2 is 1.93 bits per heavy atom. The summed E-state index contributed by atoms with van der Waals surface area (Å²) in [5.41, 5.74) is 3.18. The molecule has 1 atom stereocenters. The van der Waals surface area contributed by atoms with Crippen LogP contribution in [0.2, 0.25) is 0 Å². The molecule has 2 aromatic carbocycles. The second-order valence-corrected chi connectivity index (χ2v) is 7.20. The summed E-state index contributed by atoms with van der Waals surface area (Å²) in [6.07, 6.45) is 5.02. The van der Waals surface area contributed by atoms with Crippen molar-refractivity contribution in [1.82, 2.24) is 14.8 Å². The molecule has 3 aromatic rings. The van der Waals surface area contributed by atoms with E-state index in [-0.39, 0.29) is 8.54 Å². The third kappa shape index (κ3) is 5.08. The fourth-order valence-electron chi connectivity index (χ4n) is 3.45. The van der Waals surface area contributed by atoms with Gasteiger partial charge in [0.2, 0.25) is 5.95 Å². The molecule has 0 saturated carbocycles. The Bertz CT molecular complexity index is 975. The zero-order valence-corrected chi connectivity index (χ0v) is 16.2. The van der Waals surface area contributed by atoms with Gasteiger partial charge in [-0.1, -0.05) is 0 Å². The Hall–Kier alpha value is -3.00. The third-order valence-electron chi connectivity index (χ3n) is 4.76. The first-order valence-corrected chi connectivity index (χ1v) is 9.67. The molecule has 4 rings (SSSR count). The van der Waals surface area contributed by atoms with Crippen LogP contribution >= 0.6 is 0 Å². The van der Waals surface area contributed by atoms with E-state index in [4.69, 9.17) is 4.74 Å². The minimum absolute atomic E-state index is 0. The minimum Gasteiger partial charge on any atom is -0.385 e. The van der Waals surface area contributed by atoms with Gasteiger partial charge in [-0.2, -0.15) is 4.98 Å². The number of benzene rings is 2. The molecule has 1 fully saturated rings. The van der Waals surface area contributed by atoms with E-state index in [1.165, 1.54) is 23.1 Å². The monoisotopic (exact) mass is 403 g/mol. The van der Waals surface area contributed by atoms with Gasteiger partial charge in [0.1, 0.15) is 18.0 Å². The molecule has 2 N–H and O–H groups in total. The van der Waals surface area contributed by atoms with Crippen molar-refractivity contribution in [1.29, 1.82) is 0 Å². The molecular weight excluding hydrogens is 376 g/mol. The molecule has 1 aromatic heterocycles. The van der Waals surface area contributed by atoms with E-state index in [2.05, 4.69) is 26.8 Å². The van der Waals surface area contributed by atoms with Gasteiger partial charge in [-0.3, -0.25) is 0 Å². The topological polar surface area (TPSA) is 64.0 Å². The maximum absolute atomic E-state index is 13.4. The predicted molar refractivity (Wildman–Crippen MR) is 112 cm³/mol.